The Bertz CT molecular complexity index is 1020. The van der Waals surface area contributed by atoms with Crippen LogP contribution < -0.4 is 10.2 Å². The van der Waals surface area contributed by atoms with Crippen molar-refractivity contribution < 1.29 is 4.79 Å². The van der Waals surface area contributed by atoms with Crippen molar-refractivity contribution in [3.05, 3.63) is 65.7 Å². The van der Waals surface area contributed by atoms with Crippen molar-refractivity contribution in [3.63, 3.8) is 0 Å². The van der Waals surface area contributed by atoms with Gasteiger partial charge >= 0.3 is 0 Å². The van der Waals surface area contributed by atoms with Crippen LogP contribution in [-0.4, -0.2) is 33.8 Å². The van der Waals surface area contributed by atoms with E-state index in [0.717, 1.165) is 35.6 Å². The fourth-order valence-electron chi connectivity index (χ4n) is 3.95. The molecule has 1 amide bonds. The summed E-state index contributed by atoms with van der Waals surface area (Å²) >= 11 is 1.73. The van der Waals surface area contributed by atoms with Gasteiger partial charge in [0.25, 0.3) is 5.91 Å². The topological polar surface area (TPSA) is 63.1 Å². The number of para-hydroxylation sites is 1. The lowest BCUT2D eigenvalue weighted by molar-refractivity contribution is 0.102. The van der Waals surface area contributed by atoms with Crippen LogP contribution in [0.25, 0.3) is 0 Å². The summed E-state index contributed by atoms with van der Waals surface area (Å²) in [5.41, 5.74) is 2.63. The number of thioether (sulfide) groups is 1. The SMILES string of the molecule is O=C(Nc1ccccc1)c1ccc(CSc2nnc(N3CCCCC3)n2C2CC2)cc1. The highest BCUT2D eigenvalue weighted by Crippen LogP contribution is 2.41. The Morgan fingerprint density at radius 1 is 0.968 bits per heavy atom. The number of piperidine rings is 1. The summed E-state index contributed by atoms with van der Waals surface area (Å²) < 4.78 is 2.36. The molecule has 160 valence electrons. The minimum atomic E-state index is -0.0925. The van der Waals surface area contributed by atoms with Crippen molar-refractivity contribution in [1.29, 1.82) is 0 Å². The summed E-state index contributed by atoms with van der Waals surface area (Å²) in [6, 6.07) is 17.9. The molecule has 1 aliphatic carbocycles. The second-order valence-electron chi connectivity index (χ2n) is 8.24. The van der Waals surface area contributed by atoms with Crippen LogP contribution in [0, 0.1) is 0 Å². The molecule has 5 rings (SSSR count). The third-order valence-corrected chi connectivity index (χ3v) is 6.83. The van der Waals surface area contributed by atoms with Gasteiger partial charge in [0, 0.05) is 36.1 Å². The molecule has 0 radical (unpaired) electrons. The Morgan fingerprint density at radius 3 is 2.42 bits per heavy atom. The maximum Gasteiger partial charge on any atom is 0.255 e. The largest absolute Gasteiger partial charge is 0.341 e. The van der Waals surface area contributed by atoms with E-state index in [-0.39, 0.29) is 5.91 Å². The number of carbonyl (C=O) groups is 1. The maximum atomic E-state index is 12.4. The van der Waals surface area contributed by atoms with Gasteiger partial charge in [-0.05, 0) is 61.9 Å². The zero-order valence-corrected chi connectivity index (χ0v) is 18.4. The van der Waals surface area contributed by atoms with Crippen LogP contribution >= 0.6 is 11.8 Å². The van der Waals surface area contributed by atoms with Crippen LogP contribution in [0.3, 0.4) is 0 Å². The van der Waals surface area contributed by atoms with Crippen LogP contribution in [0.5, 0.6) is 0 Å². The van der Waals surface area contributed by atoms with Crippen molar-refractivity contribution in [2.45, 2.75) is 49.1 Å². The Kier molecular flexibility index (Phi) is 5.93. The van der Waals surface area contributed by atoms with Gasteiger partial charge in [0.05, 0.1) is 0 Å². The number of rotatable bonds is 7. The van der Waals surface area contributed by atoms with Gasteiger partial charge in [-0.15, -0.1) is 10.2 Å². The molecular formula is C24H27N5OS. The maximum absolute atomic E-state index is 12.4. The van der Waals surface area contributed by atoms with E-state index in [2.05, 4.69) is 25.0 Å². The predicted molar refractivity (Wildman–Crippen MR) is 125 cm³/mol. The lowest BCUT2D eigenvalue weighted by Gasteiger charge is -2.27. The molecule has 7 heteroatoms. The van der Waals surface area contributed by atoms with E-state index in [9.17, 15) is 4.79 Å². The number of nitrogens with zero attached hydrogens (tertiary/aromatic N) is 4. The average Bonchev–Trinajstić information content (AvgIpc) is 3.58. The first kappa shape index (κ1) is 20.1. The summed E-state index contributed by atoms with van der Waals surface area (Å²) in [5.74, 6) is 1.77. The van der Waals surface area contributed by atoms with Crippen LogP contribution in [0.2, 0.25) is 0 Å². The molecule has 31 heavy (non-hydrogen) atoms. The standard InChI is InChI=1S/C24H27N5OS/c30-22(25-20-7-3-1-4-8-20)19-11-9-18(10-12-19)17-31-24-27-26-23(29(24)21-13-14-21)28-15-5-2-6-16-28/h1,3-4,7-12,21H,2,5-6,13-17H2,(H,25,30). The zero-order valence-electron chi connectivity index (χ0n) is 17.5. The molecule has 0 bridgehead atoms. The summed E-state index contributed by atoms with van der Waals surface area (Å²) in [5, 5.41) is 13.0. The van der Waals surface area contributed by atoms with Crippen LogP contribution in [0.1, 0.15) is 54.1 Å². The molecule has 1 saturated heterocycles. The summed E-state index contributed by atoms with van der Waals surface area (Å²) in [4.78, 5) is 14.8. The highest BCUT2D eigenvalue weighted by atomic mass is 32.2. The van der Waals surface area contributed by atoms with Crippen molar-refractivity contribution in [2.24, 2.45) is 0 Å². The molecule has 3 aromatic rings. The van der Waals surface area contributed by atoms with E-state index in [1.807, 2.05) is 54.6 Å². The fraction of sp³-hybridized carbons (Fsp3) is 0.375. The Labute approximate surface area is 187 Å². The molecule has 1 N–H and O–H groups in total. The van der Waals surface area contributed by atoms with Gasteiger partial charge in [-0.25, -0.2) is 0 Å². The normalized spacial score (nSPS) is 16.3. The van der Waals surface area contributed by atoms with Crippen LogP contribution in [-0.2, 0) is 5.75 Å². The monoisotopic (exact) mass is 433 g/mol. The smallest absolute Gasteiger partial charge is 0.255 e. The third kappa shape index (κ3) is 4.77. The van der Waals surface area contributed by atoms with Gasteiger partial charge in [-0.2, -0.15) is 0 Å². The number of amides is 1. The predicted octanol–water partition coefficient (Wildman–Crippen LogP) is 5.15. The van der Waals surface area contributed by atoms with E-state index in [1.165, 1.54) is 37.7 Å². The van der Waals surface area contributed by atoms with Gasteiger partial charge < -0.3 is 10.2 Å². The molecule has 6 nitrogen and oxygen atoms in total. The average molecular weight is 434 g/mol. The molecule has 2 aliphatic rings. The van der Waals surface area contributed by atoms with Crippen molar-refractivity contribution in [2.75, 3.05) is 23.3 Å². The lowest BCUT2D eigenvalue weighted by Crippen LogP contribution is -2.31. The van der Waals surface area contributed by atoms with E-state index >= 15 is 0 Å². The fourth-order valence-corrected chi connectivity index (χ4v) is 4.91. The zero-order chi connectivity index (χ0) is 21.0. The number of carbonyl (C=O) groups excluding carboxylic acids is 1. The molecular weight excluding hydrogens is 406 g/mol. The van der Waals surface area contributed by atoms with Gasteiger partial charge in [0.15, 0.2) is 5.16 Å². The first-order valence-corrected chi connectivity index (χ1v) is 12.0. The molecule has 2 aromatic carbocycles. The minimum Gasteiger partial charge on any atom is -0.341 e. The number of hydrogen-bond donors (Lipinski definition) is 1. The molecule has 1 aliphatic heterocycles. The van der Waals surface area contributed by atoms with E-state index in [1.54, 1.807) is 11.8 Å². The first-order chi connectivity index (χ1) is 15.3. The number of hydrogen-bond acceptors (Lipinski definition) is 5. The Morgan fingerprint density at radius 2 is 1.71 bits per heavy atom. The highest BCUT2D eigenvalue weighted by molar-refractivity contribution is 7.98. The number of nitrogens with one attached hydrogen (secondary N) is 1. The quantitative estimate of drug-likeness (QED) is 0.522. The first-order valence-electron chi connectivity index (χ1n) is 11.1. The number of benzene rings is 2. The highest BCUT2D eigenvalue weighted by Gasteiger charge is 2.32. The molecule has 2 fully saturated rings. The number of aromatic nitrogens is 3. The minimum absolute atomic E-state index is 0.0925. The third-order valence-electron chi connectivity index (χ3n) is 5.81. The van der Waals surface area contributed by atoms with Crippen molar-refractivity contribution >= 4 is 29.3 Å². The van der Waals surface area contributed by atoms with E-state index in [4.69, 9.17) is 0 Å². The van der Waals surface area contributed by atoms with Gasteiger partial charge in [0.1, 0.15) is 0 Å². The van der Waals surface area contributed by atoms with Crippen LogP contribution in [0.4, 0.5) is 11.6 Å². The Hall–Kier alpha value is -2.80. The molecule has 1 saturated carbocycles. The van der Waals surface area contributed by atoms with E-state index < -0.39 is 0 Å². The van der Waals surface area contributed by atoms with E-state index in [0.29, 0.717) is 11.6 Å². The molecule has 0 unspecified atom stereocenters. The molecule has 2 heterocycles. The Balaban J connectivity index is 1.23. The molecule has 1 aromatic heterocycles. The summed E-state index contributed by atoms with van der Waals surface area (Å²) in [7, 11) is 0. The van der Waals surface area contributed by atoms with Crippen LogP contribution in [0.15, 0.2) is 59.8 Å². The van der Waals surface area contributed by atoms with Gasteiger partial charge in [0.2, 0.25) is 5.95 Å². The molecule has 0 spiro atoms. The van der Waals surface area contributed by atoms with Gasteiger partial charge in [-0.1, -0.05) is 42.1 Å². The van der Waals surface area contributed by atoms with Crippen molar-refractivity contribution in [3.8, 4) is 0 Å². The van der Waals surface area contributed by atoms with Gasteiger partial charge in [-0.3, -0.25) is 9.36 Å². The summed E-state index contributed by atoms with van der Waals surface area (Å²) in [6.45, 7) is 2.17. The number of anilines is 2. The van der Waals surface area contributed by atoms with Crippen molar-refractivity contribution in [1.82, 2.24) is 14.8 Å². The summed E-state index contributed by atoms with van der Waals surface area (Å²) in [6.07, 6.45) is 6.23. The lowest BCUT2D eigenvalue weighted by atomic mass is 10.1. The second kappa shape index (κ2) is 9.14. The molecule has 0 atom stereocenters. The second-order valence-corrected chi connectivity index (χ2v) is 9.18.